The first-order chi connectivity index (χ1) is 9.26. The van der Waals surface area contributed by atoms with Crippen molar-refractivity contribution in [2.45, 2.75) is 32.1 Å². The monoisotopic (exact) mass is 265 g/mol. The minimum absolute atomic E-state index is 0.0832. The molecule has 4 nitrogen and oxygen atoms in total. The van der Waals surface area contributed by atoms with Gasteiger partial charge in [0.2, 0.25) is 5.91 Å². The van der Waals surface area contributed by atoms with Gasteiger partial charge >= 0.3 is 0 Å². The molecule has 0 fully saturated rings. The summed E-state index contributed by atoms with van der Waals surface area (Å²) in [5, 5.41) is 11.5. The molecule has 1 aromatic rings. The molecule has 0 aromatic heterocycles. The molecule has 19 heavy (non-hydrogen) atoms. The van der Waals surface area contributed by atoms with E-state index >= 15 is 0 Å². The highest BCUT2D eigenvalue weighted by atomic mass is 16.5. The van der Waals surface area contributed by atoms with Gasteiger partial charge in [-0.15, -0.1) is 0 Å². The molecule has 0 saturated carbocycles. The zero-order valence-electron chi connectivity index (χ0n) is 11.5. The number of carbonyl (C=O) groups excluding carboxylic acids is 1. The molecule has 0 saturated heterocycles. The van der Waals surface area contributed by atoms with Crippen molar-refractivity contribution in [3.8, 4) is 5.75 Å². The van der Waals surface area contributed by atoms with E-state index in [9.17, 15) is 4.79 Å². The van der Waals surface area contributed by atoms with Crippen LogP contribution in [-0.4, -0.2) is 31.3 Å². The fraction of sp³-hybridized carbons (Fsp3) is 0.533. The maximum Gasteiger partial charge on any atom is 0.220 e. The average molecular weight is 265 g/mol. The summed E-state index contributed by atoms with van der Waals surface area (Å²) < 4.78 is 5.08. The van der Waals surface area contributed by atoms with Crippen LogP contribution in [0.1, 0.15) is 31.2 Å². The Morgan fingerprint density at radius 3 is 2.58 bits per heavy atom. The minimum atomic E-state index is 0.0832. The van der Waals surface area contributed by atoms with Crippen LogP contribution in [0.15, 0.2) is 24.3 Å². The van der Waals surface area contributed by atoms with Gasteiger partial charge in [0, 0.05) is 19.6 Å². The van der Waals surface area contributed by atoms with Crippen LogP contribution < -0.4 is 10.1 Å². The van der Waals surface area contributed by atoms with Gasteiger partial charge in [0.1, 0.15) is 5.75 Å². The first kappa shape index (κ1) is 15.5. The van der Waals surface area contributed by atoms with Crippen molar-refractivity contribution in [3.05, 3.63) is 29.8 Å². The van der Waals surface area contributed by atoms with E-state index in [-0.39, 0.29) is 12.5 Å². The molecular weight excluding hydrogens is 242 g/mol. The number of hydrogen-bond acceptors (Lipinski definition) is 3. The number of unbranched alkanes of at least 4 members (excludes halogenated alkanes) is 2. The Bertz CT molecular complexity index is 362. The first-order valence-electron chi connectivity index (χ1n) is 6.76. The number of rotatable bonds is 9. The highest BCUT2D eigenvalue weighted by molar-refractivity contribution is 5.76. The molecule has 0 aliphatic heterocycles. The van der Waals surface area contributed by atoms with Crippen LogP contribution in [0.2, 0.25) is 0 Å². The number of benzene rings is 1. The maximum atomic E-state index is 11.6. The lowest BCUT2D eigenvalue weighted by molar-refractivity contribution is -0.121. The van der Waals surface area contributed by atoms with Gasteiger partial charge in [-0.1, -0.05) is 12.1 Å². The summed E-state index contributed by atoms with van der Waals surface area (Å²) >= 11 is 0. The number of ether oxygens (including phenoxy) is 1. The molecule has 2 N–H and O–H groups in total. The molecule has 4 heteroatoms. The van der Waals surface area contributed by atoms with Crippen LogP contribution >= 0.6 is 0 Å². The van der Waals surface area contributed by atoms with Crippen LogP contribution in [-0.2, 0) is 11.2 Å². The minimum Gasteiger partial charge on any atom is -0.497 e. The third-order valence-electron chi connectivity index (χ3n) is 2.96. The Morgan fingerprint density at radius 2 is 1.95 bits per heavy atom. The lowest BCUT2D eigenvalue weighted by atomic mass is 10.1. The highest BCUT2D eigenvalue weighted by Gasteiger charge is 2.02. The molecule has 0 spiro atoms. The third-order valence-corrected chi connectivity index (χ3v) is 2.96. The molecule has 1 rings (SSSR count). The van der Waals surface area contributed by atoms with E-state index < -0.39 is 0 Å². The largest absolute Gasteiger partial charge is 0.497 e. The Kier molecular flexibility index (Phi) is 7.66. The van der Waals surface area contributed by atoms with Gasteiger partial charge in [0.05, 0.1) is 7.11 Å². The molecule has 0 radical (unpaired) electrons. The molecule has 0 aliphatic rings. The molecule has 1 aromatic carbocycles. The van der Waals surface area contributed by atoms with Gasteiger partial charge in [0.25, 0.3) is 0 Å². The molecule has 1 amide bonds. The number of carbonyl (C=O) groups is 1. The van der Waals surface area contributed by atoms with E-state index in [1.165, 1.54) is 0 Å². The van der Waals surface area contributed by atoms with Crippen LogP contribution in [0.25, 0.3) is 0 Å². The first-order valence-corrected chi connectivity index (χ1v) is 6.76. The van der Waals surface area contributed by atoms with Crippen molar-refractivity contribution in [1.82, 2.24) is 5.32 Å². The van der Waals surface area contributed by atoms with Gasteiger partial charge in [-0.05, 0) is 43.4 Å². The number of aliphatic hydroxyl groups excluding tert-OH is 1. The van der Waals surface area contributed by atoms with E-state index in [0.717, 1.165) is 37.0 Å². The van der Waals surface area contributed by atoms with Crippen molar-refractivity contribution in [2.24, 2.45) is 0 Å². The molecule has 106 valence electrons. The van der Waals surface area contributed by atoms with Crippen LogP contribution in [0, 0.1) is 0 Å². The fourth-order valence-electron chi connectivity index (χ4n) is 1.78. The van der Waals surface area contributed by atoms with E-state index in [1.807, 2.05) is 24.3 Å². The number of amides is 1. The van der Waals surface area contributed by atoms with E-state index in [2.05, 4.69) is 5.32 Å². The van der Waals surface area contributed by atoms with Gasteiger partial charge in [-0.3, -0.25) is 4.79 Å². The number of hydrogen-bond donors (Lipinski definition) is 2. The lowest BCUT2D eigenvalue weighted by Crippen LogP contribution is -2.24. The Morgan fingerprint density at radius 1 is 1.21 bits per heavy atom. The molecule has 0 atom stereocenters. The van der Waals surface area contributed by atoms with E-state index in [1.54, 1.807) is 7.11 Å². The Balaban J connectivity index is 2.15. The number of methoxy groups -OCH3 is 1. The van der Waals surface area contributed by atoms with Gasteiger partial charge in [-0.25, -0.2) is 0 Å². The van der Waals surface area contributed by atoms with Crippen LogP contribution in [0.5, 0.6) is 5.75 Å². The second-order valence-corrected chi connectivity index (χ2v) is 4.48. The summed E-state index contributed by atoms with van der Waals surface area (Å²) in [7, 11) is 1.64. The normalized spacial score (nSPS) is 10.2. The third kappa shape index (κ3) is 6.82. The average Bonchev–Trinajstić information content (AvgIpc) is 2.45. The van der Waals surface area contributed by atoms with Crippen molar-refractivity contribution < 1.29 is 14.6 Å². The van der Waals surface area contributed by atoms with Gasteiger partial charge < -0.3 is 15.2 Å². The summed E-state index contributed by atoms with van der Waals surface area (Å²) in [4.78, 5) is 11.6. The Hall–Kier alpha value is -1.55. The second kappa shape index (κ2) is 9.39. The SMILES string of the molecule is COc1ccc(CCC(=O)NCCCCCO)cc1. The van der Waals surface area contributed by atoms with Gasteiger partial charge in [-0.2, -0.15) is 0 Å². The predicted molar refractivity (Wildman–Crippen MR) is 75.3 cm³/mol. The molecule has 0 aliphatic carbocycles. The quantitative estimate of drug-likeness (QED) is 0.671. The van der Waals surface area contributed by atoms with Crippen LogP contribution in [0.4, 0.5) is 0 Å². The zero-order chi connectivity index (χ0) is 13.9. The smallest absolute Gasteiger partial charge is 0.220 e. The van der Waals surface area contributed by atoms with Crippen molar-refractivity contribution in [3.63, 3.8) is 0 Å². The standard InChI is InChI=1S/C15H23NO3/c1-19-14-8-5-13(6-9-14)7-10-15(18)16-11-3-2-4-12-17/h5-6,8-9,17H,2-4,7,10-12H2,1H3,(H,16,18). The van der Waals surface area contributed by atoms with E-state index in [0.29, 0.717) is 13.0 Å². The number of aryl methyl sites for hydroxylation is 1. The molecule has 0 bridgehead atoms. The Labute approximate surface area is 114 Å². The molecule has 0 unspecified atom stereocenters. The van der Waals surface area contributed by atoms with Crippen molar-refractivity contribution in [2.75, 3.05) is 20.3 Å². The maximum absolute atomic E-state index is 11.6. The summed E-state index contributed by atoms with van der Waals surface area (Å²) in [6.45, 7) is 0.923. The lowest BCUT2D eigenvalue weighted by Gasteiger charge is -2.05. The van der Waals surface area contributed by atoms with Crippen molar-refractivity contribution in [1.29, 1.82) is 0 Å². The topological polar surface area (TPSA) is 58.6 Å². The summed E-state index contributed by atoms with van der Waals surface area (Å²) in [6.07, 6.45) is 3.94. The van der Waals surface area contributed by atoms with Gasteiger partial charge in [0.15, 0.2) is 0 Å². The van der Waals surface area contributed by atoms with Crippen LogP contribution in [0.3, 0.4) is 0 Å². The predicted octanol–water partition coefficient (Wildman–Crippen LogP) is 1.91. The van der Waals surface area contributed by atoms with E-state index in [4.69, 9.17) is 9.84 Å². The number of aliphatic hydroxyl groups is 1. The number of nitrogens with one attached hydrogen (secondary N) is 1. The summed E-state index contributed by atoms with van der Waals surface area (Å²) in [6, 6.07) is 7.77. The summed E-state index contributed by atoms with van der Waals surface area (Å²) in [5.74, 6) is 0.914. The molecular formula is C15H23NO3. The fourth-order valence-corrected chi connectivity index (χ4v) is 1.78. The molecule has 0 heterocycles. The zero-order valence-corrected chi connectivity index (χ0v) is 11.5. The highest BCUT2D eigenvalue weighted by Crippen LogP contribution is 2.12. The van der Waals surface area contributed by atoms with Crippen molar-refractivity contribution >= 4 is 5.91 Å². The second-order valence-electron chi connectivity index (χ2n) is 4.48. The summed E-state index contributed by atoms with van der Waals surface area (Å²) in [5.41, 5.74) is 1.14.